The predicted molar refractivity (Wildman–Crippen MR) is 106 cm³/mol. The average molecular weight is 523 g/mol. The molecule has 35 heavy (non-hydrogen) atoms. The Kier molecular flexibility index (Phi) is 5.77. The van der Waals surface area contributed by atoms with E-state index in [1.807, 2.05) is 0 Å². The van der Waals surface area contributed by atoms with Crippen molar-refractivity contribution in [1.82, 2.24) is 0 Å². The normalized spacial score (nSPS) is 24.0. The maximum Gasteiger partial charge on any atom is 0.438 e. The molecule has 2 bridgehead atoms. The van der Waals surface area contributed by atoms with Gasteiger partial charge in [0.25, 0.3) is 0 Å². The van der Waals surface area contributed by atoms with E-state index in [0.717, 1.165) is 0 Å². The highest BCUT2D eigenvalue weighted by Crippen LogP contribution is 2.62. The van der Waals surface area contributed by atoms with Crippen LogP contribution in [0, 0.1) is 5.41 Å². The number of benzene rings is 2. The van der Waals surface area contributed by atoms with Crippen LogP contribution >= 0.6 is 0 Å². The molecule has 2 aromatic rings. The van der Waals surface area contributed by atoms with E-state index >= 15 is 0 Å². The lowest BCUT2D eigenvalue weighted by atomic mass is 9.52. The number of carbonyl (C=O) groups is 1. The predicted octanol–water partition coefficient (Wildman–Crippen LogP) is 3.60. The van der Waals surface area contributed by atoms with Gasteiger partial charge in [0, 0.05) is 11.8 Å². The Bertz CT molecular complexity index is 1210. The van der Waals surface area contributed by atoms with Gasteiger partial charge in [0.2, 0.25) is 0 Å². The SMILES string of the molecule is O=C(OC(CS(=O)(=O)[O-])(C(F)(F)F)C(F)(F)F)C1(CO)CC2c3ccccc3C1c1ccccc12. The Hall–Kier alpha value is -2.64. The summed E-state index contributed by atoms with van der Waals surface area (Å²) < 4.78 is 120. The Labute approximate surface area is 195 Å². The molecule has 0 saturated carbocycles. The van der Waals surface area contributed by atoms with Crippen LogP contribution in [0.5, 0.6) is 0 Å². The smallest absolute Gasteiger partial charge is 0.438 e. The van der Waals surface area contributed by atoms with Crippen LogP contribution in [0.4, 0.5) is 26.3 Å². The second kappa shape index (κ2) is 7.93. The van der Waals surface area contributed by atoms with Gasteiger partial charge in [-0.15, -0.1) is 0 Å². The molecule has 5 rings (SSSR count). The van der Waals surface area contributed by atoms with Crippen molar-refractivity contribution in [3.63, 3.8) is 0 Å². The zero-order chi connectivity index (χ0) is 26.0. The first-order chi connectivity index (χ1) is 16.1. The van der Waals surface area contributed by atoms with Gasteiger partial charge >= 0.3 is 23.9 Å². The molecule has 13 heteroatoms. The molecule has 1 atom stereocenters. The zero-order valence-electron chi connectivity index (χ0n) is 17.6. The summed E-state index contributed by atoms with van der Waals surface area (Å²) in [4.78, 5) is 13.3. The largest absolute Gasteiger partial charge is 0.748 e. The number of fused-ring (bicyclic) bond motifs is 1. The van der Waals surface area contributed by atoms with Crippen LogP contribution in [0.3, 0.4) is 0 Å². The zero-order valence-corrected chi connectivity index (χ0v) is 18.4. The quantitative estimate of drug-likeness (QED) is 0.365. The first-order valence-electron chi connectivity index (χ1n) is 10.2. The summed E-state index contributed by atoms with van der Waals surface area (Å²) in [5.74, 6) is -7.04. The Balaban J connectivity index is 1.90. The van der Waals surface area contributed by atoms with Gasteiger partial charge in [-0.25, -0.2) is 8.42 Å². The third-order valence-electron chi connectivity index (χ3n) is 6.74. The Morgan fingerprint density at radius 1 is 0.943 bits per heavy atom. The summed E-state index contributed by atoms with van der Waals surface area (Å²) in [6.07, 6.45) is -13.4. The van der Waals surface area contributed by atoms with Crippen LogP contribution in [-0.2, 0) is 19.6 Å². The van der Waals surface area contributed by atoms with Gasteiger partial charge in [0.05, 0.1) is 22.5 Å². The molecule has 6 nitrogen and oxygen atoms in total. The van der Waals surface area contributed by atoms with Crippen molar-refractivity contribution in [2.75, 3.05) is 12.4 Å². The second-order valence-electron chi connectivity index (χ2n) is 8.68. The summed E-state index contributed by atoms with van der Waals surface area (Å²) in [7, 11) is -6.19. The van der Waals surface area contributed by atoms with Gasteiger partial charge in [0.15, 0.2) is 0 Å². The van der Waals surface area contributed by atoms with Gasteiger partial charge in [-0.3, -0.25) is 4.79 Å². The summed E-state index contributed by atoms with van der Waals surface area (Å²) in [6, 6.07) is 13.0. The molecule has 0 radical (unpaired) electrons. The Morgan fingerprint density at radius 3 is 1.74 bits per heavy atom. The van der Waals surface area contributed by atoms with E-state index in [1.165, 1.54) is 0 Å². The number of ether oxygens (including phenoxy) is 1. The molecule has 0 spiro atoms. The summed E-state index contributed by atoms with van der Waals surface area (Å²) in [5.41, 5.74) is -5.72. The van der Waals surface area contributed by atoms with Crippen LogP contribution in [0.2, 0.25) is 0 Å². The molecule has 1 unspecified atom stereocenters. The van der Waals surface area contributed by atoms with E-state index < -0.39 is 70.1 Å². The molecule has 190 valence electrons. The summed E-state index contributed by atoms with van der Waals surface area (Å²) in [5, 5.41) is 10.3. The number of esters is 1. The molecule has 0 aliphatic heterocycles. The van der Waals surface area contributed by atoms with Crippen molar-refractivity contribution >= 4 is 16.1 Å². The van der Waals surface area contributed by atoms with Crippen molar-refractivity contribution in [3.8, 4) is 0 Å². The van der Waals surface area contributed by atoms with Gasteiger partial charge in [-0.2, -0.15) is 26.3 Å². The molecule has 3 aliphatic rings. The van der Waals surface area contributed by atoms with Crippen LogP contribution in [0.15, 0.2) is 48.5 Å². The molecule has 0 amide bonds. The molecule has 0 aromatic heterocycles. The topological polar surface area (TPSA) is 104 Å². The van der Waals surface area contributed by atoms with Crippen LogP contribution in [0.25, 0.3) is 0 Å². The van der Waals surface area contributed by atoms with Crippen molar-refractivity contribution in [1.29, 1.82) is 0 Å². The number of alkyl halides is 6. The van der Waals surface area contributed by atoms with E-state index in [4.69, 9.17) is 0 Å². The van der Waals surface area contributed by atoms with E-state index in [-0.39, 0.29) is 0 Å². The molecule has 2 aromatic carbocycles. The summed E-state index contributed by atoms with van der Waals surface area (Å²) in [6.45, 7) is -1.19. The van der Waals surface area contributed by atoms with E-state index in [1.54, 1.807) is 48.5 Å². The lowest BCUT2D eigenvalue weighted by Gasteiger charge is -2.52. The number of hydrogen-bond acceptors (Lipinski definition) is 6. The minimum absolute atomic E-state index is 0.392. The number of carbonyl (C=O) groups excluding carboxylic acids is 1. The van der Waals surface area contributed by atoms with Gasteiger partial charge in [0.1, 0.15) is 5.41 Å². The maximum atomic E-state index is 13.8. The van der Waals surface area contributed by atoms with Gasteiger partial charge < -0.3 is 14.4 Å². The first kappa shape index (κ1) is 25.5. The van der Waals surface area contributed by atoms with Crippen LogP contribution in [-0.4, -0.2) is 54.4 Å². The van der Waals surface area contributed by atoms with Crippen molar-refractivity contribution in [2.45, 2.75) is 36.2 Å². The number of aliphatic hydroxyl groups is 1. The monoisotopic (exact) mass is 523 g/mol. The van der Waals surface area contributed by atoms with Crippen molar-refractivity contribution in [2.24, 2.45) is 5.41 Å². The second-order valence-corrected chi connectivity index (χ2v) is 10.1. The molecular formula is C22H17F6O6S-. The van der Waals surface area contributed by atoms with Crippen LogP contribution < -0.4 is 0 Å². The lowest BCUT2D eigenvalue weighted by molar-refractivity contribution is -0.363. The summed E-state index contributed by atoms with van der Waals surface area (Å²) >= 11 is 0. The molecule has 0 heterocycles. The standard InChI is InChI=1S/C22H18F6O6S/c23-21(24,25)20(22(26,27)28,11-35(31,32)33)34-18(30)19(10-29)9-16-12-5-1-3-7-14(12)17(19)15-8-4-2-6-13(15)16/h1-8,16-17,29H,9-11H2,(H,31,32,33)/p-1. The van der Waals surface area contributed by atoms with E-state index in [0.29, 0.717) is 22.3 Å². The highest BCUT2D eigenvalue weighted by Gasteiger charge is 2.76. The minimum Gasteiger partial charge on any atom is -0.748 e. The van der Waals surface area contributed by atoms with E-state index in [2.05, 4.69) is 4.74 Å². The molecule has 0 saturated heterocycles. The fourth-order valence-corrected chi connectivity index (χ4v) is 6.10. The third kappa shape index (κ3) is 3.80. The minimum atomic E-state index is -6.50. The fourth-order valence-electron chi connectivity index (χ4n) is 5.21. The number of hydrogen-bond donors (Lipinski definition) is 1. The number of halogens is 6. The fraction of sp³-hybridized carbons (Fsp3) is 0.409. The van der Waals surface area contributed by atoms with Crippen LogP contribution in [0.1, 0.15) is 40.5 Å². The Morgan fingerprint density at radius 2 is 1.37 bits per heavy atom. The van der Waals surface area contributed by atoms with E-state index in [9.17, 15) is 49.2 Å². The molecule has 3 aliphatic carbocycles. The number of aliphatic hydroxyl groups excluding tert-OH is 1. The molecule has 0 fully saturated rings. The molecular weight excluding hydrogens is 506 g/mol. The van der Waals surface area contributed by atoms with Gasteiger partial charge in [-0.05, 0) is 28.7 Å². The number of rotatable bonds is 5. The lowest BCUT2D eigenvalue weighted by Crippen LogP contribution is -2.65. The highest BCUT2D eigenvalue weighted by molar-refractivity contribution is 7.85. The highest BCUT2D eigenvalue weighted by atomic mass is 32.2. The van der Waals surface area contributed by atoms with Crippen molar-refractivity contribution in [3.05, 3.63) is 70.8 Å². The average Bonchev–Trinajstić information content (AvgIpc) is 2.76. The first-order valence-corrected chi connectivity index (χ1v) is 11.7. The van der Waals surface area contributed by atoms with Crippen molar-refractivity contribution < 1.29 is 54.0 Å². The molecule has 1 N–H and O–H groups in total. The van der Waals surface area contributed by atoms with Gasteiger partial charge in [-0.1, -0.05) is 48.5 Å². The third-order valence-corrected chi connectivity index (χ3v) is 7.50. The maximum absolute atomic E-state index is 13.8.